The summed E-state index contributed by atoms with van der Waals surface area (Å²) in [6.45, 7) is 1.48. The highest BCUT2D eigenvalue weighted by Crippen LogP contribution is 2.21. The van der Waals surface area contributed by atoms with Crippen molar-refractivity contribution >= 4 is 17.5 Å². The minimum atomic E-state index is -0.332. The summed E-state index contributed by atoms with van der Waals surface area (Å²) in [6, 6.07) is 5.60. The van der Waals surface area contributed by atoms with E-state index in [1.807, 2.05) is 0 Å². The number of carbonyl (C=O) groups excluding carboxylic acids is 1. The lowest BCUT2D eigenvalue weighted by Crippen LogP contribution is -2.32. The van der Waals surface area contributed by atoms with E-state index in [4.69, 9.17) is 5.73 Å². The van der Waals surface area contributed by atoms with Gasteiger partial charge < -0.3 is 10.6 Å². The van der Waals surface area contributed by atoms with Crippen LogP contribution < -0.4 is 11.1 Å². The molecule has 0 atom stereocenters. The van der Waals surface area contributed by atoms with Gasteiger partial charge in [0.2, 0.25) is 0 Å². The second-order valence-corrected chi connectivity index (χ2v) is 5.13. The van der Waals surface area contributed by atoms with Crippen molar-refractivity contribution < 1.29 is 9.18 Å². The molecule has 1 aromatic carbocycles. The zero-order valence-corrected chi connectivity index (χ0v) is 11.9. The number of anilines is 2. The molecule has 2 amide bonds. The predicted molar refractivity (Wildman–Crippen MR) is 81.7 cm³/mol. The van der Waals surface area contributed by atoms with Crippen LogP contribution in [0.1, 0.15) is 12.8 Å². The van der Waals surface area contributed by atoms with Crippen molar-refractivity contribution in [3.63, 3.8) is 0 Å². The molecule has 1 aliphatic heterocycles. The van der Waals surface area contributed by atoms with Crippen LogP contribution in [-0.4, -0.2) is 34.0 Å². The molecule has 0 bridgehead atoms. The molecular weight excluding hydrogens is 285 g/mol. The first-order valence-corrected chi connectivity index (χ1v) is 7.08. The minimum absolute atomic E-state index is 0.215. The Bertz CT molecular complexity index is 683. The molecule has 0 saturated carbocycles. The third-order valence-electron chi connectivity index (χ3n) is 3.54. The average Bonchev–Trinajstić information content (AvgIpc) is 3.05. The number of aromatic nitrogens is 2. The van der Waals surface area contributed by atoms with Gasteiger partial charge in [-0.3, -0.25) is 5.32 Å². The Kier molecular flexibility index (Phi) is 3.86. The number of halogens is 1. The third kappa shape index (κ3) is 2.98. The Hall–Kier alpha value is -2.70. The molecular formula is C15H16FN5O. The molecule has 1 aliphatic rings. The Morgan fingerprint density at radius 2 is 1.91 bits per heavy atom. The summed E-state index contributed by atoms with van der Waals surface area (Å²) >= 11 is 0. The lowest BCUT2D eigenvalue weighted by Gasteiger charge is -2.16. The maximum absolute atomic E-state index is 13.0. The number of hydrogen-bond acceptors (Lipinski definition) is 4. The molecule has 2 heterocycles. The van der Waals surface area contributed by atoms with Gasteiger partial charge in [-0.25, -0.2) is 19.2 Å². The Balaban J connectivity index is 1.83. The summed E-state index contributed by atoms with van der Waals surface area (Å²) in [4.78, 5) is 22.2. The normalized spacial score (nSPS) is 14.1. The van der Waals surface area contributed by atoms with Gasteiger partial charge in [-0.2, -0.15) is 0 Å². The van der Waals surface area contributed by atoms with Crippen LogP contribution in [0, 0.1) is 5.82 Å². The highest BCUT2D eigenvalue weighted by molar-refractivity contribution is 5.91. The van der Waals surface area contributed by atoms with E-state index in [1.54, 1.807) is 17.0 Å². The maximum atomic E-state index is 13.0. The molecule has 3 N–H and O–H groups in total. The SMILES string of the molecule is Nc1cnc(-c2ccc(F)cc2)nc1NC(=O)N1CCCC1. The number of nitrogens with zero attached hydrogens (tertiary/aromatic N) is 3. The van der Waals surface area contributed by atoms with Gasteiger partial charge in [-0.15, -0.1) is 0 Å². The monoisotopic (exact) mass is 301 g/mol. The number of nitrogens with one attached hydrogen (secondary N) is 1. The van der Waals surface area contributed by atoms with Crippen LogP contribution in [0.25, 0.3) is 11.4 Å². The minimum Gasteiger partial charge on any atom is -0.394 e. The second-order valence-electron chi connectivity index (χ2n) is 5.13. The number of amides is 2. The number of nitrogens with two attached hydrogens (primary N) is 1. The predicted octanol–water partition coefficient (Wildman–Crippen LogP) is 2.49. The van der Waals surface area contributed by atoms with Gasteiger partial charge in [0.15, 0.2) is 11.6 Å². The maximum Gasteiger partial charge on any atom is 0.323 e. The first-order valence-electron chi connectivity index (χ1n) is 7.08. The van der Waals surface area contributed by atoms with Crippen molar-refractivity contribution in [2.45, 2.75) is 12.8 Å². The average molecular weight is 301 g/mol. The first-order chi connectivity index (χ1) is 10.6. The van der Waals surface area contributed by atoms with Crippen LogP contribution in [-0.2, 0) is 0 Å². The van der Waals surface area contributed by atoms with Crippen LogP contribution in [0.3, 0.4) is 0 Å². The number of benzene rings is 1. The van der Waals surface area contributed by atoms with Crippen molar-refractivity contribution in [2.24, 2.45) is 0 Å². The number of urea groups is 1. The standard InChI is InChI=1S/C15H16FN5O/c16-11-5-3-10(4-6-11)13-18-9-12(17)14(19-13)20-15(22)21-7-1-2-8-21/h3-6,9H,1-2,7-8,17H2,(H,18,19,20,22). The zero-order chi connectivity index (χ0) is 15.5. The molecule has 114 valence electrons. The van der Waals surface area contributed by atoms with Crippen LogP contribution in [0.15, 0.2) is 30.5 Å². The zero-order valence-electron chi connectivity index (χ0n) is 11.9. The first kappa shape index (κ1) is 14.2. The largest absolute Gasteiger partial charge is 0.394 e. The van der Waals surface area contributed by atoms with E-state index in [-0.39, 0.29) is 17.7 Å². The van der Waals surface area contributed by atoms with Gasteiger partial charge in [0.25, 0.3) is 0 Å². The molecule has 6 nitrogen and oxygen atoms in total. The van der Waals surface area contributed by atoms with Crippen molar-refractivity contribution in [1.29, 1.82) is 0 Å². The quantitative estimate of drug-likeness (QED) is 0.892. The van der Waals surface area contributed by atoms with E-state index >= 15 is 0 Å². The topological polar surface area (TPSA) is 84.1 Å². The van der Waals surface area contributed by atoms with Gasteiger partial charge in [0.1, 0.15) is 5.82 Å². The number of likely N-dealkylation sites (tertiary alicyclic amines) is 1. The summed E-state index contributed by atoms with van der Waals surface area (Å²) in [5.74, 6) is 0.318. The third-order valence-corrected chi connectivity index (χ3v) is 3.54. The lowest BCUT2D eigenvalue weighted by molar-refractivity contribution is 0.222. The fourth-order valence-electron chi connectivity index (χ4n) is 2.33. The van der Waals surface area contributed by atoms with Crippen LogP contribution >= 0.6 is 0 Å². The Morgan fingerprint density at radius 3 is 2.59 bits per heavy atom. The van der Waals surface area contributed by atoms with Gasteiger partial charge in [-0.05, 0) is 37.1 Å². The van der Waals surface area contributed by atoms with Crippen molar-refractivity contribution in [1.82, 2.24) is 14.9 Å². The summed E-state index contributed by atoms with van der Waals surface area (Å²) in [7, 11) is 0. The van der Waals surface area contributed by atoms with Gasteiger partial charge >= 0.3 is 6.03 Å². The van der Waals surface area contributed by atoms with Crippen LogP contribution in [0.4, 0.5) is 20.7 Å². The molecule has 1 aromatic heterocycles. The number of rotatable bonds is 2. The van der Waals surface area contributed by atoms with E-state index in [9.17, 15) is 9.18 Å². The number of carbonyl (C=O) groups is 1. The van der Waals surface area contributed by atoms with Crippen LogP contribution in [0.2, 0.25) is 0 Å². The van der Waals surface area contributed by atoms with Crippen molar-refractivity contribution in [3.8, 4) is 11.4 Å². The van der Waals surface area contributed by atoms with E-state index in [0.29, 0.717) is 17.1 Å². The molecule has 1 fully saturated rings. The fraction of sp³-hybridized carbons (Fsp3) is 0.267. The molecule has 1 saturated heterocycles. The summed E-state index contributed by atoms with van der Waals surface area (Å²) in [6.07, 6.45) is 3.45. The summed E-state index contributed by atoms with van der Waals surface area (Å²) < 4.78 is 13.0. The van der Waals surface area contributed by atoms with E-state index in [0.717, 1.165) is 25.9 Å². The molecule has 0 unspecified atom stereocenters. The molecule has 7 heteroatoms. The van der Waals surface area contributed by atoms with E-state index < -0.39 is 0 Å². The fourth-order valence-corrected chi connectivity index (χ4v) is 2.33. The molecule has 0 aliphatic carbocycles. The molecule has 2 aromatic rings. The van der Waals surface area contributed by atoms with E-state index in [2.05, 4.69) is 15.3 Å². The van der Waals surface area contributed by atoms with Crippen LogP contribution in [0.5, 0.6) is 0 Å². The summed E-state index contributed by atoms with van der Waals surface area (Å²) in [5, 5.41) is 2.71. The molecule has 0 spiro atoms. The Labute approximate surface area is 127 Å². The van der Waals surface area contributed by atoms with Crippen molar-refractivity contribution in [3.05, 3.63) is 36.3 Å². The lowest BCUT2D eigenvalue weighted by atomic mass is 10.2. The molecule has 22 heavy (non-hydrogen) atoms. The smallest absolute Gasteiger partial charge is 0.323 e. The highest BCUT2D eigenvalue weighted by atomic mass is 19.1. The highest BCUT2D eigenvalue weighted by Gasteiger charge is 2.19. The van der Waals surface area contributed by atoms with E-state index in [1.165, 1.54) is 18.3 Å². The van der Waals surface area contributed by atoms with Gasteiger partial charge in [0.05, 0.1) is 11.9 Å². The van der Waals surface area contributed by atoms with Gasteiger partial charge in [0, 0.05) is 18.7 Å². The van der Waals surface area contributed by atoms with Gasteiger partial charge in [-0.1, -0.05) is 0 Å². The number of nitrogen functional groups attached to an aromatic ring is 1. The summed E-state index contributed by atoms with van der Waals surface area (Å²) in [5.41, 5.74) is 6.76. The second kappa shape index (κ2) is 5.97. The Morgan fingerprint density at radius 1 is 1.23 bits per heavy atom. The number of hydrogen-bond donors (Lipinski definition) is 2. The molecule has 0 radical (unpaired) electrons. The molecule has 3 rings (SSSR count). The van der Waals surface area contributed by atoms with Crippen molar-refractivity contribution in [2.75, 3.05) is 24.1 Å².